The van der Waals surface area contributed by atoms with Crippen LogP contribution in [0.3, 0.4) is 0 Å². The van der Waals surface area contributed by atoms with Crippen molar-refractivity contribution in [2.45, 2.75) is 6.10 Å². The van der Waals surface area contributed by atoms with Crippen LogP contribution in [0.25, 0.3) is 11.2 Å². The first-order valence-electron chi connectivity index (χ1n) is 4.20. The Kier molecular flexibility index (Phi) is 2.40. The first kappa shape index (κ1) is 9.69. The fourth-order valence-corrected chi connectivity index (χ4v) is 1.17. The molecule has 0 fully saturated rings. The number of fused-ring (bicyclic) bond motifs is 1. The number of hydrogen-bond donors (Lipinski definition) is 2. The summed E-state index contributed by atoms with van der Waals surface area (Å²) in [6.07, 6.45) is 2.51. The quantitative estimate of drug-likeness (QED) is 0.644. The van der Waals surface area contributed by atoms with Gasteiger partial charge in [0.15, 0.2) is 11.8 Å². The van der Waals surface area contributed by atoms with E-state index in [4.69, 9.17) is 10.2 Å². The number of carbonyl (C=O) groups excluding carboxylic acids is 1. The fourth-order valence-electron chi connectivity index (χ4n) is 1.17. The topological polar surface area (TPSA) is 101 Å². The number of carbonyl (C=O) groups is 1. The van der Waals surface area contributed by atoms with Crippen LogP contribution in [0.5, 0.6) is 0 Å². The highest BCUT2D eigenvalue weighted by atomic mass is 16.3. The van der Waals surface area contributed by atoms with Gasteiger partial charge in [-0.2, -0.15) is 0 Å². The number of rotatable bonds is 2. The second-order valence-electron chi connectivity index (χ2n) is 2.88. The van der Waals surface area contributed by atoms with Crippen molar-refractivity contribution in [1.29, 1.82) is 0 Å². The molecular formula is C8H8N4O3. The van der Waals surface area contributed by atoms with E-state index < -0.39 is 18.6 Å². The van der Waals surface area contributed by atoms with Crippen LogP contribution >= 0.6 is 0 Å². The van der Waals surface area contributed by atoms with E-state index >= 15 is 0 Å². The van der Waals surface area contributed by atoms with Crippen LogP contribution in [-0.2, 0) is 0 Å². The molecule has 0 aromatic carbocycles. The fraction of sp³-hybridized carbons (Fsp3) is 0.250. The second-order valence-corrected chi connectivity index (χ2v) is 2.88. The van der Waals surface area contributed by atoms with E-state index in [0.29, 0.717) is 11.2 Å². The van der Waals surface area contributed by atoms with Gasteiger partial charge in [0.1, 0.15) is 18.2 Å². The van der Waals surface area contributed by atoms with Gasteiger partial charge in [-0.15, -0.1) is 0 Å². The van der Waals surface area contributed by atoms with E-state index in [1.807, 2.05) is 0 Å². The Balaban J connectivity index is 2.48. The molecule has 0 aliphatic heterocycles. The molecule has 0 saturated heterocycles. The van der Waals surface area contributed by atoms with Crippen LogP contribution in [-0.4, -0.2) is 48.4 Å². The lowest BCUT2D eigenvalue weighted by Crippen LogP contribution is -2.29. The monoisotopic (exact) mass is 208 g/mol. The van der Waals surface area contributed by atoms with Crippen molar-refractivity contribution in [3.63, 3.8) is 0 Å². The summed E-state index contributed by atoms with van der Waals surface area (Å²) in [5.74, 6) is -0.668. The van der Waals surface area contributed by atoms with Gasteiger partial charge in [0.25, 0.3) is 5.91 Å². The first-order chi connectivity index (χ1) is 7.24. The molecule has 7 heteroatoms. The number of aliphatic hydroxyl groups is 2. The Labute approximate surface area is 84.0 Å². The average Bonchev–Trinajstić information content (AvgIpc) is 2.70. The maximum Gasteiger partial charge on any atom is 0.264 e. The summed E-state index contributed by atoms with van der Waals surface area (Å²) in [6.45, 7) is -0.635. The molecule has 7 nitrogen and oxygen atoms in total. The highest BCUT2D eigenvalue weighted by molar-refractivity contribution is 5.90. The third-order valence-electron chi connectivity index (χ3n) is 1.91. The Morgan fingerprint density at radius 2 is 2.33 bits per heavy atom. The van der Waals surface area contributed by atoms with Crippen molar-refractivity contribution in [3.05, 3.63) is 18.9 Å². The van der Waals surface area contributed by atoms with Crippen molar-refractivity contribution >= 4 is 17.1 Å². The van der Waals surface area contributed by atoms with Gasteiger partial charge >= 0.3 is 0 Å². The molecule has 0 aliphatic rings. The zero-order valence-electron chi connectivity index (χ0n) is 7.61. The normalized spacial score (nSPS) is 12.9. The minimum Gasteiger partial charge on any atom is -0.393 e. The molecule has 2 heterocycles. The molecule has 15 heavy (non-hydrogen) atoms. The van der Waals surface area contributed by atoms with Crippen LogP contribution in [0.15, 0.2) is 18.9 Å². The van der Waals surface area contributed by atoms with Crippen LogP contribution in [0.4, 0.5) is 0 Å². The van der Waals surface area contributed by atoms with Crippen LogP contribution in [0, 0.1) is 0 Å². The molecule has 2 N–H and O–H groups in total. The highest BCUT2D eigenvalue weighted by Gasteiger charge is 2.18. The van der Waals surface area contributed by atoms with E-state index in [2.05, 4.69) is 15.0 Å². The summed E-state index contributed by atoms with van der Waals surface area (Å²) in [6, 6.07) is 0. The largest absolute Gasteiger partial charge is 0.393 e. The highest BCUT2D eigenvalue weighted by Crippen LogP contribution is 2.07. The van der Waals surface area contributed by atoms with E-state index in [0.717, 1.165) is 4.57 Å². The summed E-state index contributed by atoms with van der Waals surface area (Å²) in [4.78, 5) is 23.0. The summed E-state index contributed by atoms with van der Waals surface area (Å²) in [7, 11) is 0. The van der Waals surface area contributed by atoms with E-state index in [1.165, 1.54) is 18.9 Å². The van der Waals surface area contributed by atoms with Crippen LogP contribution in [0.2, 0.25) is 0 Å². The predicted molar refractivity (Wildman–Crippen MR) is 49.0 cm³/mol. The van der Waals surface area contributed by atoms with Gasteiger partial charge in [0, 0.05) is 0 Å². The zero-order valence-corrected chi connectivity index (χ0v) is 7.61. The van der Waals surface area contributed by atoms with Gasteiger partial charge in [0.05, 0.1) is 12.8 Å². The zero-order chi connectivity index (χ0) is 10.8. The predicted octanol–water partition coefficient (Wildman–Crippen LogP) is -1.18. The summed E-state index contributed by atoms with van der Waals surface area (Å²) >= 11 is 0. The summed E-state index contributed by atoms with van der Waals surface area (Å²) < 4.78 is 1.08. The molecule has 2 aromatic heterocycles. The van der Waals surface area contributed by atoms with Crippen molar-refractivity contribution in [1.82, 2.24) is 19.5 Å². The van der Waals surface area contributed by atoms with Crippen molar-refractivity contribution in [2.75, 3.05) is 6.61 Å². The molecule has 2 rings (SSSR count). The van der Waals surface area contributed by atoms with E-state index in [1.54, 1.807) is 0 Å². The lowest BCUT2D eigenvalue weighted by Gasteiger charge is -2.05. The first-order valence-corrected chi connectivity index (χ1v) is 4.20. The molecule has 0 amide bonds. The number of imidazole rings is 1. The Bertz CT molecular complexity index is 495. The van der Waals surface area contributed by atoms with Gasteiger partial charge in [0.2, 0.25) is 0 Å². The Hall–Kier alpha value is -1.86. The number of aromatic nitrogens is 4. The van der Waals surface area contributed by atoms with Crippen molar-refractivity contribution < 1.29 is 15.0 Å². The molecule has 0 spiro atoms. The minimum absolute atomic E-state index is 0.308. The minimum atomic E-state index is -1.46. The van der Waals surface area contributed by atoms with E-state index in [9.17, 15) is 4.79 Å². The lowest BCUT2D eigenvalue weighted by atomic mass is 10.3. The number of nitrogens with zero attached hydrogens (tertiary/aromatic N) is 4. The van der Waals surface area contributed by atoms with Gasteiger partial charge < -0.3 is 10.2 Å². The molecule has 0 bridgehead atoms. The molecule has 0 saturated carbocycles. The maximum absolute atomic E-state index is 11.5. The number of hydrogen-bond acceptors (Lipinski definition) is 6. The standard InChI is InChI=1S/C8H8N4O3/c13-2-6(14)8(15)12-4-11-5-1-9-3-10-7(5)12/h1,3-4,6,13-14H,2H2. The smallest absolute Gasteiger partial charge is 0.264 e. The number of aliphatic hydroxyl groups excluding tert-OH is 2. The third-order valence-corrected chi connectivity index (χ3v) is 1.91. The third kappa shape index (κ3) is 1.58. The molecule has 0 radical (unpaired) electrons. The van der Waals surface area contributed by atoms with Crippen LogP contribution < -0.4 is 0 Å². The lowest BCUT2D eigenvalue weighted by molar-refractivity contribution is 0.0504. The van der Waals surface area contributed by atoms with Gasteiger partial charge in [-0.05, 0) is 0 Å². The summed E-state index contributed by atoms with van der Waals surface area (Å²) in [5.41, 5.74) is 0.762. The molecular weight excluding hydrogens is 200 g/mol. The molecule has 78 valence electrons. The van der Waals surface area contributed by atoms with Gasteiger partial charge in [-0.25, -0.2) is 15.0 Å². The Morgan fingerprint density at radius 3 is 3.07 bits per heavy atom. The van der Waals surface area contributed by atoms with Crippen molar-refractivity contribution in [3.8, 4) is 0 Å². The van der Waals surface area contributed by atoms with Crippen molar-refractivity contribution in [2.24, 2.45) is 0 Å². The summed E-state index contributed by atoms with van der Waals surface area (Å²) in [5, 5.41) is 17.8. The molecule has 0 aliphatic carbocycles. The van der Waals surface area contributed by atoms with E-state index in [-0.39, 0.29) is 0 Å². The van der Waals surface area contributed by atoms with Gasteiger partial charge in [-0.1, -0.05) is 0 Å². The van der Waals surface area contributed by atoms with Crippen LogP contribution in [0.1, 0.15) is 4.79 Å². The Morgan fingerprint density at radius 1 is 1.53 bits per heavy atom. The molecule has 1 unspecified atom stereocenters. The maximum atomic E-state index is 11.5. The molecule has 2 aromatic rings. The van der Waals surface area contributed by atoms with Gasteiger partial charge in [-0.3, -0.25) is 9.36 Å². The second kappa shape index (κ2) is 3.71. The average molecular weight is 208 g/mol. The SMILES string of the molecule is O=C(C(O)CO)n1cnc2cncnc21. The molecule has 1 atom stereocenters.